The van der Waals surface area contributed by atoms with Crippen LogP contribution in [0.15, 0.2) is 36.4 Å². The molecule has 128 valence electrons. The van der Waals surface area contributed by atoms with E-state index in [0.29, 0.717) is 36.9 Å². The highest BCUT2D eigenvalue weighted by molar-refractivity contribution is 6.30. The van der Waals surface area contributed by atoms with Crippen LogP contribution in [0.1, 0.15) is 17.3 Å². The minimum absolute atomic E-state index is 0.291. The molecule has 1 atom stereocenters. The summed E-state index contributed by atoms with van der Waals surface area (Å²) in [6.45, 7) is 2.71. The number of nitriles is 1. The number of hydrogen-bond donors (Lipinski definition) is 1. The zero-order chi connectivity index (χ0) is 17.8. The molecule has 0 saturated carbocycles. The van der Waals surface area contributed by atoms with Crippen molar-refractivity contribution in [3.05, 3.63) is 52.7 Å². The van der Waals surface area contributed by atoms with Crippen LogP contribution in [0.5, 0.6) is 0 Å². The fraction of sp³-hybridized carbons (Fsp3) is 0.294. The molecule has 0 radical (unpaired) electrons. The van der Waals surface area contributed by atoms with Crippen LogP contribution in [0, 0.1) is 11.3 Å². The Bertz CT molecular complexity index is 778. The summed E-state index contributed by atoms with van der Waals surface area (Å²) in [5.41, 5.74) is 6.76. The summed E-state index contributed by atoms with van der Waals surface area (Å²) in [5.74, 6) is 0.342. The van der Waals surface area contributed by atoms with Gasteiger partial charge in [0.1, 0.15) is 12.1 Å². The summed E-state index contributed by atoms with van der Waals surface area (Å²) in [7, 11) is 0. The summed E-state index contributed by atoms with van der Waals surface area (Å²) in [6, 6.07) is 12.1. The average Bonchev–Trinajstić information content (AvgIpc) is 2.64. The van der Waals surface area contributed by atoms with Crippen LogP contribution in [0.25, 0.3) is 0 Å². The predicted molar refractivity (Wildman–Crippen MR) is 93.9 cm³/mol. The van der Waals surface area contributed by atoms with Gasteiger partial charge in [0.05, 0.1) is 0 Å². The summed E-state index contributed by atoms with van der Waals surface area (Å²) in [6.07, 6.45) is 0. The number of nitrogens with zero attached hydrogens (tertiary/aromatic N) is 5. The molecule has 2 heterocycles. The Hall–Kier alpha value is -2.69. The Morgan fingerprint density at radius 2 is 1.80 bits per heavy atom. The summed E-state index contributed by atoms with van der Waals surface area (Å²) >= 11 is 5.92. The van der Waals surface area contributed by atoms with Gasteiger partial charge in [0.15, 0.2) is 11.5 Å². The standard InChI is InChI=1S/C17H17ClN6O/c18-13-3-1-12(2-4-13)16(17(20)25)24-9-7-23(8-10-24)15-6-5-14(11-19)21-22-15/h1-6,16H,7-10H2,(H2,20,25). The van der Waals surface area contributed by atoms with Crippen LogP contribution >= 0.6 is 11.6 Å². The molecule has 1 unspecified atom stereocenters. The molecule has 8 heteroatoms. The van der Waals surface area contributed by atoms with Gasteiger partial charge in [0.25, 0.3) is 0 Å². The molecule has 1 aromatic carbocycles. The summed E-state index contributed by atoms with van der Waals surface area (Å²) in [5, 5.41) is 17.3. The first-order chi connectivity index (χ1) is 12.1. The number of halogens is 1. The van der Waals surface area contributed by atoms with E-state index >= 15 is 0 Å². The SMILES string of the molecule is N#Cc1ccc(N2CCN(C(C(N)=O)c3ccc(Cl)cc3)CC2)nn1. The highest BCUT2D eigenvalue weighted by Crippen LogP contribution is 2.24. The number of rotatable bonds is 4. The van der Waals surface area contributed by atoms with Gasteiger partial charge in [-0.1, -0.05) is 23.7 Å². The minimum Gasteiger partial charge on any atom is -0.368 e. The Morgan fingerprint density at radius 1 is 1.12 bits per heavy atom. The van der Waals surface area contributed by atoms with E-state index in [1.54, 1.807) is 24.3 Å². The van der Waals surface area contributed by atoms with E-state index in [9.17, 15) is 4.79 Å². The van der Waals surface area contributed by atoms with Gasteiger partial charge in [-0.05, 0) is 29.8 Å². The van der Waals surface area contributed by atoms with Crippen LogP contribution in [0.2, 0.25) is 5.02 Å². The maximum Gasteiger partial charge on any atom is 0.239 e. The largest absolute Gasteiger partial charge is 0.368 e. The molecule has 0 spiro atoms. The number of amides is 1. The van der Waals surface area contributed by atoms with Gasteiger partial charge in [0.2, 0.25) is 5.91 Å². The molecule has 1 aliphatic rings. The van der Waals surface area contributed by atoms with Crippen LogP contribution in [0.3, 0.4) is 0 Å². The zero-order valence-corrected chi connectivity index (χ0v) is 14.2. The number of carbonyl (C=O) groups excluding carboxylic acids is 1. The maximum absolute atomic E-state index is 12.0. The normalized spacial score (nSPS) is 16.2. The lowest BCUT2D eigenvalue weighted by Crippen LogP contribution is -2.50. The monoisotopic (exact) mass is 356 g/mol. The zero-order valence-electron chi connectivity index (χ0n) is 13.5. The first-order valence-corrected chi connectivity index (χ1v) is 8.24. The molecule has 2 N–H and O–H groups in total. The summed E-state index contributed by atoms with van der Waals surface area (Å²) in [4.78, 5) is 16.1. The molecule has 1 fully saturated rings. The van der Waals surface area contributed by atoms with E-state index in [1.807, 2.05) is 18.2 Å². The van der Waals surface area contributed by atoms with Crippen molar-refractivity contribution in [2.75, 3.05) is 31.1 Å². The topological polar surface area (TPSA) is 99.1 Å². The van der Waals surface area contributed by atoms with E-state index in [1.165, 1.54) is 0 Å². The minimum atomic E-state index is -0.480. The molecular weight excluding hydrogens is 340 g/mol. The Labute approximate surface area is 150 Å². The number of carbonyl (C=O) groups is 1. The van der Waals surface area contributed by atoms with E-state index < -0.39 is 6.04 Å². The smallest absolute Gasteiger partial charge is 0.239 e. The van der Waals surface area contributed by atoms with Gasteiger partial charge in [-0.3, -0.25) is 9.69 Å². The Morgan fingerprint density at radius 3 is 2.32 bits per heavy atom. The van der Waals surface area contributed by atoms with Gasteiger partial charge >= 0.3 is 0 Å². The number of benzene rings is 1. The number of anilines is 1. The lowest BCUT2D eigenvalue weighted by atomic mass is 10.0. The fourth-order valence-electron chi connectivity index (χ4n) is 2.96. The Kier molecular flexibility index (Phi) is 5.12. The van der Waals surface area contributed by atoms with E-state index in [0.717, 1.165) is 11.4 Å². The third kappa shape index (κ3) is 3.87. The van der Waals surface area contributed by atoms with Gasteiger partial charge in [-0.25, -0.2) is 0 Å². The predicted octanol–water partition coefficient (Wildman–Crippen LogP) is 1.35. The van der Waals surface area contributed by atoms with Crippen LogP contribution < -0.4 is 10.6 Å². The molecule has 0 aliphatic carbocycles. The lowest BCUT2D eigenvalue weighted by molar-refractivity contribution is -0.123. The van der Waals surface area contributed by atoms with Crippen LogP contribution in [0.4, 0.5) is 5.82 Å². The van der Waals surface area contributed by atoms with Crippen molar-refractivity contribution < 1.29 is 4.79 Å². The van der Waals surface area contributed by atoms with Crippen molar-refractivity contribution in [3.8, 4) is 6.07 Å². The van der Waals surface area contributed by atoms with Gasteiger partial charge in [-0.2, -0.15) is 5.26 Å². The number of piperazine rings is 1. The fourth-order valence-corrected chi connectivity index (χ4v) is 3.09. The molecule has 1 aromatic heterocycles. The molecule has 1 aliphatic heterocycles. The molecular formula is C17H17ClN6O. The second kappa shape index (κ2) is 7.47. The summed E-state index contributed by atoms with van der Waals surface area (Å²) < 4.78 is 0. The van der Waals surface area contributed by atoms with Gasteiger partial charge in [0, 0.05) is 31.2 Å². The van der Waals surface area contributed by atoms with Crippen molar-refractivity contribution in [3.63, 3.8) is 0 Å². The molecule has 1 saturated heterocycles. The van der Waals surface area contributed by atoms with Crippen molar-refractivity contribution in [2.24, 2.45) is 5.73 Å². The number of aromatic nitrogens is 2. The lowest BCUT2D eigenvalue weighted by Gasteiger charge is -2.38. The average molecular weight is 357 g/mol. The first kappa shape index (κ1) is 17.1. The van der Waals surface area contributed by atoms with E-state index in [-0.39, 0.29) is 5.91 Å². The number of hydrogen-bond acceptors (Lipinski definition) is 6. The molecule has 3 rings (SSSR count). The van der Waals surface area contributed by atoms with Crippen LogP contribution in [-0.4, -0.2) is 47.2 Å². The number of primary amides is 1. The van der Waals surface area contributed by atoms with E-state index in [4.69, 9.17) is 22.6 Å². The van der Waals surface area contributed by atoms with Crippen molar-refractivity contribution >= 4 is 23.3 Å². The second-order valence-electron chi connectivity index (χ2n) is 5.77. The Balaban J connectivity index is 1.70. The van der Waals surface area contributed by atoms with Crippen molar-refractivity contribution in [1.82, 2.24) is 15.1 Å². The highest BCUT2D eigenvalue weighted by atomic mass is 35.5. The second-order valence-corrected chi connectivity index (χ2v) is 6.20. The maximum atomic E-state index is 12.0. The highest BCUT2D eigenvalue weighted by Gasteiger charge is 2.29. The first-order valence-electron chi connectivity index (χ1n) is 7.86. The molecule has 2 aromatic rings. The third-order valence-corrected chi connectivity index (χ3v) is 4.48. The molecule has 7 nitrogen and oxygen atoms in total. The van der Waals surface area contributed by atoms with Gasteiger partial charge < -0.3 is 10.6 Å². The number of nitrogens with two attached hydrogens (primary N) is 1. The van der Waals surface area contributed by atoms with Crippen molar-refractivity contribution in [2.45, 2.75) is 6.04 Å². The van der Waals surface area contributed by atoms with Crippen LogP contribution in [-0.2, 0) is 4.79 Å². The van der Waals surface area contributed by atoms with E-state index in [2.05, 4.69) is 20.0 Å². The molecule has 1 amide bonds. The molecule has 25 heavy (non-hydrogen) atoms. The van der Waals surface area contributed by atoms with Crippen molar-refractivity contribution in [1.29, 1.82) is 5.26 Å². The molecule has 0 bridgehead atoms. The quantitative estimate of drug-likeness (QED) is 0.887. The van der Waals surface area contributed by atoms with Gasteiger partial charge in [-0.15, -0.1) is 10.2 Å². The third-order valence-electron chi connectivity index (χ3n) is 4.22.